The quantitative estimate of drug-likeness (QED) is 0.458. The Bertz CT molecular complexity index is 939. The highest BCUT2D eigenvalue weighted by molar-refractivity contribution is 5.93. The molecule has 0 atom stereocenters. The highest BCUT2D eigenvalue weighted by atomic mass is 15.1. The smallest absolute Gasteiger partial charge is 0.0529 e. The van der Waals surface area contributed by atoms with Crippen molar-refractivity contribution in [3.8, 4) is 11.1 Å². The van der Waals surface area contributed by atoms with Gasteiger partial charge in [-0.3, -0.25) is 0 Å². The molecule has 0 saturated carbocycles. The molecule has 0 saturated heterocycles. The van der Waals surface area contributed by atoms with E-state index in [2.05, 4.69) is 72.5 Å². The molecule has 0 amide bonds. The lowest BCUT2D eigenvalue weighted by atomic mass is 9.90. The standard InChI is InChI=1S/C23H21N/c1-2-13-24-21-10-6-4-8-17(21)15-19-12-11-18-14-16-7-3-5-9-20(16)22(18)23(19)24/h3-12H,2,13-15H2,1H3. The summed E-state index contributed by atoms with van der Waals surface area (Å²) in [5.41, 5.74) is 11.6. The average Bonchev–Trinajstić information content (AvgIpc) is 3.00. The second kappa shape index (κ2) is 5.24. The van der Waals surface area contributed by atoms with Crippen molar-refractivity contribution < 1.29 is 0 Å². The maximum Gasteiger partial charge on any atom is 0.0529 e. The maximum atomic E-state index is 2.56. The van der Waals surface area contributed by atoms with Crippen LogP contribution in [0.5, 0.6) is 0 Å². The molecule has 0 bridgehead atoms. The van der Waals surface area contributed by atoms with Crippen LogP contribution < -0.4 is 4.90 Å². The summed E-state index contributed by atoms with van der Waals surface area (Å²) in [5, 5.41) is 0. The summed E-state index contributed by atoms with van der Waals surface area (Å²) in [4.78, 5) is 2.56. The molecule has 1 aliphatic carbocycles. The molecule has 2 aliphatic rings. The van der Waals surface area contributed by atoms with E-state index in [-0.39, 0.29) is 0 Å². The van der Waals surface area contributed by atoms with E-state index in [0.29, 0.717) is 0 Å². The highest BCUT2D eigenvalue weighted by Crippen LogP contribution is 2.49. The second-order valence-corrected chi connectivity index (χ2v) is 6.90. The fourth-order valence-electron chi connectivity index (χ4n) is 4.40. The first-order valence-electron chi connectivity index (χ1n) is 8.95. The molecule has 1 heterocycles. The van der Waals surface area contributed by atoms with Crippen LogP contribution in [-0.2, 0) is 12.8 Å². The van der Waals surface area contributed by atoms with Crippen molar-refractivity contribution >= 4 is 11.4 Å². The molecular weight excluding hydrogens is 290 g/mol. The first-order chi connectivity index (χ1) is 11.9. The largest absolute Gasteiger partial charge is 0.341 e. The van der Waals surface area contributed by atoms with Crippen molar-refractivity contribution in [2.45, 2.75) is 26.2 Å². The van der Waals surface area contributed by atoms with Crippen molar-refractivity contribution in [2.24, 2.45) is 0 Å². The zero-order valence-electron chi connectivity index (χ0n) is 14.0. The first kappa shape index (κ1) is 13.9. The monoisotopic (exact) mass is 311 g/mol. The highest BCUT2D eigenvalue weighted by Gasteiger charge is 2.29. The van der Waals surface area contributed by atoms with E-state index in [4.69, 9.17) is 0 Å². The van der Waals surface area contributed by atoms with E-state index in [0.717, 1.165) is 25.8 Å². The molecule has 0 aromatic heterocycles. The van der Waals surface area contributed by atoms with E-state index in [1.165, 1.54) is 44.8 Å². The van der Waals surface area contributed by atoms with Gasteiger partial charge in [-0.05, 0) is 46.7 Å². The molecule has 0 fully saturated rings. The van der Waals surface area contributed by atoms with Crippen LogP contribution in [0.1, 0.15) is 35.6 Å². The van der Waals surface area contributed by atoms with Gasteiger partial charge in [0.1, 0.15) is 0 Å². The zero-order chi connectivity index (χ0) is 16.1. The molecule has 24 heavy (non-hydrogen) atoms. The van der Waals surface area contributed by atoms with Crippen molar-refractivity contribution in [1.82, 2.24) is 0 Å². The Morgan fingerprint density at radius 1 is 0.750 bits per heavy atom. The number of hydrogen-bond acceptors (Lipinski definition) is 1. The van der Waals surface area contributed by atoms with Gasteiger partial charge in [0.15, 0.2) is 0 Å². The van der Waals surface area contributed by atoms with E-state index in [9.17, 15) is 0 Å². The predicted octanol–water partition coefficient (Wildman–Crippen LogP) is 5.71. The van der Waals surface area contributed by atoms with Crippen LogP contribution in [0.25, 0.3) is 11.1 Å². The summed E-state index contributed by atoms with van der Waals surface area (Å²) in [5.74, 6) is 0. The fraction of sp³-hybridized carbons (Fsp3) is 0.217. The number of benzene rings is 3. The van der Waals surface area contributed by atoms with Crippen LogP contribution in [0, 0.1) is 0 Å². The van der Waals surface area contributed by atoms with Gasteiger partial charge >= 0.3 is 0 Å². The Hall–Kier alpha value is -2.54. The van der Waals surface area contributed by atoms with Gasteiger partial charge in [0, 0.05) is 24.2 Å². The number of para-hydroxylation sites is 1. The van der Waals surface area contributed by atoms with Gasteiger partial charge in [-0.25, -0.2) is 0 Å². The Labute approximate surface area is 143 Å². The molecule has 0 radical (unpaired) electrons. The van der Waals surface area contributed by atoms with Crippen LogP contribution in [0.15, 0.2) is 60.7 Å². The number of nitrogens with zero attached hydrogens (tertiary/aromatic N) is 1. The van der Waals surface area contributed by atoms with Gasteiger partial charge in [-0.15, -0.1) is 0 Å². The van der Waals surface area contributed by atoms with Crippen LogP contribution in [0.2, 0.25) is 0 Å². The number of anilines is 2. The molecular formula is C23H21N. The normalized spacial score (nSPS) is 14.0. The summed E-state index contributed by atoms with van der Waals surface area (Å²) in [6, 6.07) is 22.5. The van der Waals surface area contributed by atoms with Crippen molar-refractivity contribution in [1.29, 1.82) is 0 Å². The summed E-state index contributed by atoms with van der Waals surface area (Å²) in [6.45, 7) is 3.34. The van der Waals surface area contributed by atoms with Gasteiger partial charge in [0.25, 0.3) is 0 Å². The maximum absolute atomic E-state index is 2.56. The Kier molecular flexibility index (Phi) is 3.02. The third kappa shape index (κ3) is 1.88. The van der Waals surface area contributed by atoms with Crippen molar-refractivity contribution in [3.05, 3.63) is 82.9 Å². The predicted molar refractivity (Wildman–Crippen MR) is 101 cm³/mol. The summed E-state index contributed by atoms with van der Waals surface area (Å²) in [6.07, 6.45) is 3.26. The third-order valence-corrected chi connectivity index (χ3v) is 5.40. The van der Waals surface area contributed by atoms with Crippen LogP contribution in [0.3, 0.4) is 0 Å². The zero-order valence-corrected chi connectivity index (χ0v) is 14.0. The molecule has 118 valence electrons. The molecule has 1 aliphatic heterocycles. The van der Waals surface area contributed by atoms with E-state index in [1.807, 2.05) is 0 Å². The molecule has 3 aromatic carbocycles. The summed E-state index contributed by atoms with van der Waals surface area (Å²) < 4.78 is 0. The molecule has 5 rings (SSSR count). The fourth-order valence-corrected chi connectivity index (χ4v) is 4.40. The summed E-state index contributed by atoms with van der Waals surface area (Å²) >= 11 is 0. The minimum absolute atomic E-state index is 1.04. The lowest BCUT2D eigenvalue weighted by Gasteiger charge is -2.35. The molecule has 1 heteroatoms. The van der Waals surface area contributed by atoms with Gasteiger partial charge in [-0.1, -0.05) is 61.5 Å². The average molecular weight is 311 g/mol. The van der Waals surface area contributed by atoms with Crippen LogP contribution in [-0.4, -0.2) is 6.54 Å². The minimum Gasteiger partial charge on any atom is -0.341 e. The molecule has 0 spiro atoms. The second-order valence-electron chi connectivity index (χ2n) is 6.90. The van der Waals surface area contributed by atoms with E-state index >= 15 is 0 Å². The van der Waals surface area contributed by atoms with Gasteiger partial charge in [-0.2, -0.15) is 0 Å². The van der Waals surface area contributed by atoms with Crippen molar-refractivity contribution in [2.75, 3.05) is 11.4 Å². The Balaban J connectivity index is 1.78. The van der Waals surface area contributed by atoms with E-state index < -0.39 is 0 Å². The molecule has 3 aromatic rings. The van der Waals surface area contributed by atoms with Gasteiger partial charge in [0.05, 0.1) is 5.69 Å². The van der Waals surface area contributed by atoms with Crippen LogP contribution in [0.4, 0.5) is 11.4 Å². The Morgan fingerprint density at radius 3 is 2.33 bits per heavy atom. The molecule has 1 nitrogen and oxygen atoms in total. The topological polar surface area (TPSA) is 3.24 Å². The van der Waals surface area contributed by atoms with Crippen LogP contribution >= 0.6 is 0 Å². The Morgan fingerprint density at radius 2 is 1.46 bits per heavy atom. The first-order valence-corrected chi connectivity index (χ1v) is 8.95. The molecule has 0 N–H and O–H groups in total. The lowest BCUT2D eigenvalue weighted by Crippen LogP contribution is -2.25. The van der Waals surface area contributed by atoms with Gasteiger partial charge in [0.2, 0.25) is 0 Å². The molecule has 0 unspecified atom stereocenters. The number of fused-ring (bicyclic) bond motifs is 6. The number of hydrogen-bond donors (Lipinski definition) is 0. The third-order valence-electron chi connectivity index (χ3n) is 5.40. The SMILES string of the molecule is CCCN1c2ccccc2Cc2ccc3c(c21)-c1ccccc1C3. The van der Waals surface area contributed by atoms with Crippen molar-refractivity contribution in [3.63, 3.8) is 0 Å². The minimum atomic E-state index is 1.04. The van der Waals surface area contributed by atoms with Gasteiger partial charge < -0.3 is 4.90 Å². The summed E-state index contributed by atoms with van der Waals surface area (Å²) in [7, 11) is 0. The number of rotatable bonds is 2. The lowest BCUT2D eigenvalue weighted by molar-refractivity contribution is 0.862. The van der Waals surface area contributed by atoms with E-state index in [1.54, 1.807) is 0 Å².